The molecule has 1 aromatic rings. The number of aromatic nitrogens is 3. The van der Waals surface area contributed by atoms with Gasteiger partial charge in [-0.05, 0) is 19.8 Å². The Kier molecular flexibility index (Phi) is 2.91. The van der Waals surface area contributed by atoms with Crippen molar-refractivity contribution in [2.45, 2.75) is 31.7 Å². The van der Waals surface area contributed by atoms with Crippen molar-refractivity contribution in [3.8, 4) is 0 Å². The standard InChI is InChI=1S/C10H15N3O3/c1-2-13-8(11-7-12-13)10(9(14)15)3-5-16-6-4-10/h7H,2-6H2,1H3,(H,14,15). The largest absolute Gasteiger partial charge is 0.480 e. The summed E-state index contributed by atoms with van der Waals surface area (Å²) in [4.78, 5) is 15.6. The highest BCUT2D eigenvalue weighted by molar-refractivity contribution is 5.80. The highest BCUT2D eigenvalue weighted by Crippen LogP contribution is 2.33. The van der Waals surface area contributed by atoms with E-state index in [9.17, 15) is 9.90 Å². The first-order valence-electron chi connectivity index (χ1n) is 5.40. The van der Waals surface area contributed by atoms with E-state index in [1.807, 2.05) is 6.92 Å². The molecule has 1 aliphatic rings. The van der Waals surface area contributed by atoms with Crippen LogP contribution in [0.2, 0.25) is 0 Å². The maximum atomic E-state index is 11.5. The number of aliphatic carboxylic acids is 1. The zero-order valence-corrected chi connectivity index (χ0v) is 9.22. The Hall–Kier alpha value is -1.43. The zero-order valence-electron chi connectivity index (χ0n) is 9.22. The number of carboxylic acids is 1. The van der Waals surface area contributed by atoms with Crippen LogP contribution in [-0.4, -0.2) is 39.1 Å². The second kappa shape index (κ2) is 4.21. The fraction of sp³-hybridized carbons (Fsp3) is 0.700. The van der Waals surface area contributed by atoms with Crippen LogP contribution in [0.5, 0.6) is 0 Å². The Morgan fingerprint density at radius 3 is 2.88 bits per heavy atom. The lowest BCUT2D eigenvalue weighted by Gasteiger charge is -2.32. The molecule has 0 amide bonds. The molecule has 16 heavy (non-hydrogen) atoms. The van der Waals surface area contributed by atoms with Gasteiger partial charge in [0.1, 0.15) is 17.6 Å². The lowest BCUT2D eigenvalue weighted by atomic mass is 9.79. The molecule has 0 radical (unpaired) electrons. The molecule has 1 N–H and O–H groups in total. The number of hydrogen-bond donors (Lipinski definition) is 1. The van der Waals surface area contributed by atoms with Crippen LogP contribution >= 0.6 is 0 Å². The maximum Gasteiger partial charge on any atom is 0.317 e. The molecule has 0 unspecified atom stereocenters. The van der Waals surface area contributed by atoms with Crippen LogP contribution in [0.25, 0.3) is 0 Å². The molecule has 6 nitrogen and oxygen atoms in total. The Morgan fingerprint density at radius 1 is 1.62 bits per heavy atom. The summed E-state index contributed by atoms with van der Waals surface area (Å²) in [7, 11) is 0. The lowest BCUT2D eigenvalue weighted by molar-refractivity contribution is -0.148. The summed E-state index contributed by atoms with van der Waals surface area (Å²) in [5, 5.41) is 13.5. The highest BCUT2D eigenvalue weighted by atomic mass is 16.5. The van der Waals surface area contributed by atoms with Gasteiger partial charge in [-0.15, -0.1) is 0 Å². The maximum absolute atomic E-state index is 11.5. The number of carboxylic acid groups (broad SMARTS) is 1. The third-order valence-corrected chi connectivity index (χ3v) is 3.10. The molecule has 0 aromatic carbocycles. The number of hydrogen-bond acceptors (Lipinski definition) is 4. The normalized spacial score (nSPS) is 19.6. The topological polar surface area (TPSA) is 77.2 Å². The van der Waals surface area contributed by atoms with E-state index in [2.05, 4.69) is 10.1 Å². The first-order valence-corrected chi connectivity index (χ1v) is 5.40. The van der Waals surface area contributed by atoms with Crippen LogP contribution in [0, 0.1) is 0 Å². The van der Waals surface area contributed by atoms with Gasteiger partial charge in [0, 0.05) is 19.8 Å². The van der Waals surface area contributed by atoms with Crippen LogP contribution in [0.15, 0.2) is 6.33 Å². The molecule has 0 aliphatic carbocycles. The fourth-order valence-electron chi connectivity index (χ4n) is 2.12. The average molecular weight is 225 g/mol. The van der Waals surface area contributed by atoms with Gasteiger partial charge in [0.15, 0.2) is 0 Å². The van der Waals surface area contributed by atoms with Gasteiger partial charge in [-0.1, -0.05) is 0 Å². The molecule has 6 heteroatoms. The van der Waals surface area contributed by atoms with E-state index in [4.69, 9.17) is 4.74 Å². The van der Waals surface area contributed by atoms with Gasteiger partial charge in [-0.25, -0.2) is 9.67 Å². The summed E-state index contributed by atoms with van der Waals surface area (Å²) in [6.45, 7) is 3.48. The average Bonchev–Trinajstić information content (AvgIpc) is 2.78. The van der Waals surface area contributed by atoms with E-state index in [0.717, 1.165) is 0 Å². The number of ether oxygens (including phenoxy) is 1. The SMILES string of the molecule is CCn1ncnc1C1(C(=O)O)CCOCC1. The summed E-state index contributed by atoms with van der Waals surface area (Å²) < 4.78 is 6.88. The fourth-order valence-corrected chi connectivity index (χ4v) is 2.12. The number of rotatable bonds is 3. The quantitative estimate of drug-likeness (QED) is 0.807. The van der Waals surface area contributed by atoms with Gasteiger partial charge >= 0.3 is 5.97 Å². The van der Waals surface area contributed by atoms with Crippen molar-refractivity contribution in [2.75, 3.05) is 13.2 Å². The highest BCUT2D eigenvalue weighted by Gasteiger charge is 2.45. The van der Waals surface area contributed by atoms with Crippen molar-refractivity contribution < 1.29 is 14.6 Å². The predicted molar refractivity (Wildman–Crippen MR) is 55.1 cm³/mol. The van der Waals surface area contributed by atoms with Crippen molar-refractivity contribution in [1.29, 1.82) is 0 Å². The van der Waals surface area contributed by atoms with E-state index in [1.54, 1.807) is 4.68 Å². The van der Waals surface area contributed by atoms with Gasteiger partial charge < -0.3 is 9.84 Å². The van der Waals surface area contributed by atoms with E-state index in [0.29, 0.717) is 38.4 Å². The van der Waals surface area contributed by atoms with Crippen LogP contribution in [0.1, 0.15) is 25.6 Å². The van der Waals surface area contributed by atoms with Crippen molar-refractivity contribution in [2.24, 2.45) is 0 Å². The zero-order chi connectivity index (χ0) is 11.6. The van der Waals surface area contributed by atoms with E-state index in [1.165, 1.54) is 6.33 Å². The van der Waals surface area contributed by atoms with Crippen molar-refractivity contribution in [3.63, 3.8) is 0 Å². The third kappa shape index (κ3) is 1.59. The van der Waals surface area contributed by atoms with Crippen LogP contribution < -0.4 is 0 Å². The molecule has 1 aromatic heterocycles. The molecule has 0 atom stereocenters. The minimum Gasteiger partial charge on any atom is -0.480 e. The molecule has 2 rings (SSSR count). The Balaban J connectivity index is 2.42. The summed E-state index contributed by atoms with van der Waals surface area (Å²) >= 11 is 0. The molecule has 1 aliphatic heterocycles. The van der Waals surface area contributed by atoms with Gasteiger partial charge in [0.05, 0.1) is 0 Å². The molecule has 1 saturated heterocycles. The van der Waals surface area contributed by atoms with E-state index in [-0.39, 0.29) is 0 Å². The Labute approximate surface area is 93.2 Å². The minimum absolute atomic E-state index is 0.459. The molecule has 0 spiro atoms. The first-order chi connectivity index (χ1) is 7.70. The van der Waals surface area contributed by atoms with Gasteiger partial charge in [0.2, 0.25) is 0 Å². The lowest BCUT2D eigenvalue weighted by Crippen LogP contribution is -2.43. The second-order valence-electron chi connectivity index (χ2n) is 3.90. The summed E-state index contributed by atoms with van der Waals surface area (Å²) in [5.74, 6) is -0.288. The summed E-state index contributed by atoms with van der Waals surface area (Å²) in [5.41, 5.74) is -0.926. The molecule has 88 valence electrons. The summed E-state index contributed by atoms with van der Waals surface area (Å²) in [6.07, 6.45) is 2.33. The van der Waals surface area contributed by atoms with Crippen molar-refractivity contribution in [3.05, 3.63) is 12.2 Å². The third-order valence-electron chi connectivity index (χ3n) is 3.10. The minimum atomic E-state index is -0.926. The summed E-state index contributed by atoms with van der Waals surface area (Å²) in [6, 6.07) is 0. The van der Waals surface area contributed by atoms with E-state index < -0.39 is 11.4 Å². The first kappa shape index (κ1) is 11.1. The molecule has 1 fully saturated rings. The van der Waals surface area contributed by atoms with Gasteiger partial charge in [-0.2, -0.15) is 5.10 Å². The monoisotopic (exact) mass is 225 g/mol. The number of carbonyl (C=O) groups is 1. The second-order valence-corrected chi connectivity index (χ2v) is 3.90. The molecule has 2 heterocycles. The van der Waals surface area contributed by atoms with Crippen LogP contribution in [0.4, 0.5) is 0 Å². The van der Waals surface area contributed by atoms with E-state index >= 15 is 0 Å². The molecule has 0 bridgehead atoms. The molecular formula is C10H15N3O3. The molecule has 0 saturated carbocycles. The van der Waals surface area contributed by atoms with Crippen molar-refractivity contribution >= 4 is 5.97 Å². The number of aryl methyl sites for hydroxylation is 1. The predicted octanol–water partition coefficient (Wildman–Crippen LogP) is 0.431. The molecular weight excluding hydrogens is 210 g/mol. The van der Waals surface area contributed by atoms with Crippen LogP contribution in [0.3, 0.4) is 0 Å². The Morgan fingerprint density at radius 2 is 2.31 bits per heavy atom. The smallest absolute Gasteiger partial charge is 0.317 e. The van der Waals surface area contributed by atoms with Gasteiger partial charge in [0.25, 0.3) is 0 Å². The van der Waals surface area contributed by atoms with Gasteiger partial charge in [-0.3, -0.25) is 4.79 Å². The van der Waals surface area contributed by atoms with Crippen molar-refractivity contribution in [1.82, 2.24) is 14.8 Å². The van der Waals surface area contributed by atoms with Crippen LogP contribution in [-0.2, 0) is 21.5 Å². The Bertz CT molecular complexity index is 382. The number of nitrogens with zero attached hydrogens (tertiary/aromatic N) is 3.